The zero-order chi connectivity index (χ0) is 51.2. The summed E-state index contributed by atoms with van der Waals surface area (Å²) < 4.78 is 16.3. The average Bonchev–Trinajstić information content (AvgIpc) is 3.59. The van der Waals surface area contributed by atoms with Crippen LogP contribution in [0.25, 0.3) is 0 Å². The maximum absolute atomic E-state index is 6.48. The highest BCUT2D eigenvalue weighted by Gasteiger charge is 2.25. The summed E-state index contributed by atoms with van der Waals surface area (Å²) in [5.41, 5.74) is 15.0. The number of anilines is 4. The van der Waals surface area contributed by atoms with Crippen LogP contribution in [0.2, 0.25) is 15.1 Å². The molecule has 0 radical (unpaired) electrons. The zero-order valence-corrected chi connectivity index (χ0v) is 44.6. The van der Waals surface area contributed by atoms with Crippen molar-refractivity contribution in [3.63, 3.8) is 0 Å². The third-order valence-corrected chi connectivity index (χ3v) is 13.1. The standard InChI is InChI=1S/C20H20ClN3OS.C18H15ClN4O.C17H15ClN2OS/c1-12-9-14-16(10-18(12)25-4)23-20(26)17(11-24(2)3)22-19(14)13-7-5-6-8-15(13)21;1-10-7-12-14(8-16(10)24-2)22-18-15(9-20-23-18)21-17(12)11-5-3-4-6-13(11)19;1-10-7-12-14(8-15(10)21-2)20-16(22)9-19-17(12)11-5-3-4-6-13(11)18/h5-11H,1-4H3,(H,23,26);3-9H,1-2H3,(H2,20,22,23);3-8H,9H2,1-2H3,(H,20,22)/b17-11-;;. The zero-order valence-electron chi connectivity index (χ0n) is 40.7. The second-order valence-corrected chi connectivity index (χ2v) is 19.0. The van der Waals surface area contributed by atoms with Gasteiger partial charge in [-0.15, -0.1) is 0 Å². The Hall–Kier alpha value is -7.07. The number of hydrogen-bond donors (Lipinski definition) is 4. The lowest BCUT2D eigenvalue weighted by atomic mass is 9.98. The number of thiocarbonyl (C=S) groups is 2. The third kappa shape index (κ3) is 11.2. The number of halogens is 3. The van der Waals surface area contributed by atoms with Gasteiger partial charge in [-0.2, -0.15) is 5.10 Å². The van der Waals surface area contributed by atoms with Gasteiger partial charge in [-0.25, -0.2) is 9.98 Å². The number of H-pyrrole nitrogens is 1. The molecular weight excluding hydrogens is 1010 g/mol. The molecule has 0 unspecified atom stereocenters. The average molecular weight is 1060 g/mol. The molecule has 0 fully saturated rings. The summed E-state index contributed by atoms with van der Waals surface area (Å²) in [6, 6.07) is 35.1. The number of aryl methyl sites for hydroxylation is 3. The minimum atomic E-state index is 0.436. The molecule has 72 heavy (non-hydrogen) atoms. The largest absolute Gasteiger partial charge is 0.496 e. The number of nitrogens with one attached hydrogen (secondary N) is 4. The monoisotopic (exact) mass is 1050 g/mol. The number of aromatic amines is 1. The normalized spacial score (nSPS) is 13.8. The van der Waals surface area contributed by atoms with Gasteiger partial charge in [0.1, 0.15) is 38.6 Å². The van der Waals surface area contributed by atoms with Gasteiger partial charge >= 0.3 is 0 Å². The Morgan fingerprint density at radius 3 is 1.46 bits per heavy atom. The first-order chi connectivity index (χ1) is 34.7. The van der Waals surface area contributed by atoms with E-state index in [0.29, 0.717) is 37.3 Å². The molecule has 10 rings (SSSR count). The van der Waals surface area contributed by atoms with Gasteiger partial charge < -0.3 is 35.1 Å². The molecule has 1 aromatic heterocycles. The van der Waals surface area contributed by atoms with Crippen LogP contribution in [0.1, 0.15) is 50.1 Å². The number of benzodiazepines with no additional fused rings is 2. The van der Waals surface area contributed by atoms with E-state index < -0.39 is 0 Å². The molecule has 6 aromatic carbocycles. The number of benzene rings is 6. The van der Waals surface area contributed by atoms with Crippen LogP contribution >= 0.6 is 59.2 Å². The minimum Gasteiger partial charge on any atom is -0.496 e. The molecule has 4 heterocycles. The molecule has 0 saturated carbocycles. The van der Waals surface area contributed by atoms with Gasteiger partial charge in [0.15, 0.2) is 5.82 Å². The topological polar surface area (TPSA) is 133 Å². The van der Waals surface area contributed by atoms with E-state index in [4.69, 9.17) is 83.4 Å². The minimum absolute atomic E-state index is 0.436. The summed E-state index contributed by atoms with van der Waals surface area (Å²) in [4.78, 5) is 17.5. The van der Waals surface area contributed by atoms with Crippen molar-refractivity contribution >= 4 is 115 Å². The summed E-state index contributed by atoms with van der Waals surface area (Å²) in [6.07, 6.45) is 3.58. The van der Waals surface area contributed by atoms with Gasteiger partial charge in [0.2, 0.25) is 0 Å². The predicted molar refractivity (Wildman–Crippen MR) is 305 cm³/mol. The number of methoxy groups -OCH3 is 3. The summed E-state index contributed by atoms with van der Waals surface area (Å²) >= 11 is 30.2. The van der Waals surface area contributed by atoms with Crippen LogP contribution in [-0.4, -0.2) is 84.2 Å². The molecule has 17 heteroatoms. The van der Waals surface area contributed by atoms with Crippen molar-refractivity contribution in [2.24, 2.45) is 15.0 Å². The van der Waals surface area contributed by atoms with Crippen molar-refractivity contribution in [2.75, 3.05) is 57.9 Å². The number of rotatable bonds is 7. The fourth-order valence-corrected chi connectivity index (χ4v) is 9.23. The van der Waals surface area contributed by atoms with Crippen LogP contribution in [-0.2, 0) is 0 Å². The fraction of sp³-hybridized carbons (Fsp3) is 0.164. The number of fused-ring (bicyclic) bond motifs is 4. The Balaban J connectivity index is 0.000000145. The van der Waals surface area contributed by atoms with Crippen molar-refractivity contribution in [3.8, 4) is 17.2 Å². The van der Waals surface area contributed by atoms with E-state index in [-0.39, 0.29) is 0 Å². The highest BCUT2D eigenvalue weighted by atomic mass is 35.5. The number of aliphatic imine (C=N–C) groups is 3. The lowest BCUT2D eigenvalue weighted by molar-refractivity contribution is 0.412. The van der Waals surface area contributed by atoms with Gasteiger partial charge in [0.05, 0.1) is 68.3 Å². The third-order valence-electron chi connectivity index (χ3n) is 11.6. The smallest absolute Gasteiger partial charge is 0.152 e. The molecule has 4 N–H and O–H groups in total. The molecule has 12 nitrogen and oxygen atoms in total. The Kier molecular flexibility index (Phi) is 16.1. The molecule has 3 aliphatic rings. The summed E-state index contributed by atoms with van der Waals surface area (Å²) in [6.45, 7) is 6.46. The molecule has 0 atom stereocenters. The van der Waals surface area contributed by atoms with E-state index in [0.717, 1.165) is 113 Å². The number of hydrogen-bond acceptors (Lipinski definition) is 11. The lowest BCUT2D eigenvalue weighted by Crippen LogP contribution is -2.13. The summed E-state index contributed by atoms with van der Waals surface area (Å²) in [5, 5.41) is 18.9. The molecule has 0 spiro atoms. The van der Waals surface area contributed by atoms with Crippen LogP contribution < -0.4 is 30.2 Å². The Labute approximate surface area is 444 Å². The van der Waals surface area contributed by atoms with E-state index in [1.807, 2.05) is 143 Å². The lowest BCUT2D eigenvalue weighted by Gasteiger charge is -2.15. The first-order valence-corrected chi connectivity index (χ1v) is 24.5. The van der Waals surface area contributed by atoms with E-state index in [1.54, 1.807) is 27.5 Å². The van der Waals surface area contributed by atoms with Crippen LogP contribution in [0, 0.1) is 20.8 Å². The van der Waals surface area contributed by atoms with E-state index in [2.05, 4.69) is 43.3 Å². The molecule has 0 bridgehead atoms. The quantitative estimate of drug-likeness (QED) is 0.0903. The maximum Gasteiger partial charge on any atom is 0.152 e. The van der Waals surface area contributed by atoms with Crippen LogP contribution in [0.3, 0.4) is 0 Å². The second kappa shape index (κ2) is 22.6. The van der Waals surface area contributed by atoms with Gasteiger partial charge in [-0.05, 0) is 73.9 Å². The number of ether oxygens (including phenoxy) is 3. The molecule has 366 valence electrons. The van der Waals surface area contributed by atoms with Crippen LogP contribution in [0.4, 0.5) is 28.6 Å². The maximum atomic E-state index is 6.48. The SMILES string of the molecule is COc1cc2c(cc1C)C(c1ccccc1Cl)=N/C(=C\N(C)C)C(=S)N2.COc1cc2c(cc1C)C(c1ccccc1Cl)=NCC(=S)N2.COc1cc2c(cc1C)C(c1ccccc1Cl)=Nc1cn[nH]c1N2. The van der Waals surface area contributed by atoms with Gasteiger partial charge in [0.25, 0.3) is 0 Å². The Morgan fingerprint density at radius 2 is 0.986 bits per heavy atom. The highest BCUT2D eigenvalue weighted by Crippen LogP contribution is 2.39. The molecular formula is C55H50Cl3N9O3S2. The van der Waals surface area contributed by atoms with Crippen molar-refractivity contribution < 1.29 is 14.2 Å². The number of nitrogens with zero attached hydrogens (tertiary/aromatic N) is 5. The molecule has 0 aliphatic carbocycles. The van der Waals surface area contributed by atoms with Crippen molar-refractivity contribution in [2.45, 2.75) is 20.8 Å². The van der Waals surface area contributed by atoms with Crippen molar-refractivity contribution in [1.29, 1.82) is 0 Å². The molecule has 3 aliphatic heterocycles. The van der Waals surface area contributed by atoms with Crippen molar-refractivity contribution in [1.82, 2.24) is 15.1 Å². The van der Waals surface area contributed by atoms with Crippen LogP contribution in [0.5, 0.6) is 17.2 Å². The van der Waals surface area contributed by atoms with Gasteiger partial charge in [-0.3, -0.25) is 10.1 Å². The van der Waals surface area contributed by atoms with Gasteiger partial charge in [-0.1, -0.05) is 114 Å². The van der Waals surface area contributed by atoms with Gasteiger partial charge in [0, 0.05) is 86.9 Å². The highest BCUT2D eigenvalue weighted by molar-refractivity contribution is 7.81. The fourth-order valence-electron chi connectivity index (χ4n) is 8.17. The first-order valence-electron chi connectivity index (χ1n) is 22.5. The van der Waals surface area contributed by atoms with E-state index in [9.17, 15) is 0 Å². The Morgan fingerprint density at radius 1 is 0.556 bits per heavy atom. The molecule has 0 saturated heterocycles. The predicted octanol–water partition coefficient (Wildman–Crippen LogP) is 13.5. The second-order valence-electron chi connectivity index (χ2n) is 16.9. The summed E-state index contributed by atoms with van der Waals surface area (Å²) in [7, 11) is 8.85. The summed E-state index contributed by atoms with van der Waals surface area (Å²) in [5.74, 6) is 3.15. The number of aromatic nitrogens is 2. The van der Waals surface area contributed by atoms with E-state index in [1.165, 1.54) is 0 Å². The van der Waals surface area contributed by atoms with Crippen LogP contribution in [0.15, 0.2) is 142 Å². The first kappa shape index (κ1) is 51.3. The Bertz CT molecular complexity index is 3380. The van der Waals surface area contributed by atoms with E-state index >= 15 is 0 Å². The molecule has 7 aromatic rings. The van der Waals surface area contributed by atoms with Crippen molar-refractivity contribution in [3.05, 3.63) is 192 Å². The molecule has 0 amide bonds.